The Morgan fingerprint density at radius 3 is 2.62 bits per heavy atom. The molecule has 0 aliphatic heterocycles. The van der Waals surface area contributed by atoms with Crippen molar-refractivity contribution in [1.82, 2.24) is 5.32 Å². The number of amides is 1. The van der Waals surface area contributed by atoms with E-state index in [1.165, 1.54) is 6.07 Å². The van der Waals surface area contributed by atoms with Crippen molar-refractivity contribution in [3.8, 4) is 5.75 Å². The number of hydrogen-bond donors (Lipinski definition) is 3. The Kier molecular flexibility index (Phi) is 8.81. The van der Waals surface area contributed by atoms with E-state index in [1.807, 2.05) is 18.2 Å². The summed E-state index contributed by atoms with van der Waals surface area (Å²) in [6, 6.07) is 10.4. The van der Waals surface area contributed by atoms with Crippen molar-refractivity contribution < 1.29 is 23.4 Å². The minimum atomic E-state index is -1.03. The Bertz CT molecular complexity index is 731. The zero-order valence-electron chi connectivity index (χ0n) is 14.0. The lowest BCUT2D eigenvalue weighted by Crippen LogP contribution is -2.35. The fourth-order valence-electron chi connectivity index (χ4n) is 2.15. The largest absolute Gasteiger partial charge is 0.491 e. The Hall–Kier alpha value is -2.38. The van der Waals surface area contributed by atoms with E-state index in [-0.39, 0.29) is 43.6 Å². The first-order valence-electron chi connectivity index (χ1n) is 7.81. The molecule has 4 N–H and O–H groups in total. The van der Waals surface area contributed by atoms with Gasteiger partial charge in [-0.1, -0.05) is 18.2 Å². The number of nitrogens with two attached hydrogens (primary N) is 1. The van der Waals surface area contributed by atoms with Gasteiger partial charge >= 0.3 is 0 Å². The highest BCUT2D eigenvalue weighted by atomic mass is 35.5. The van der Waals surface area contributed by atoms with Crippen molar-refractivity contribution >= 4 is 24.0 Å². The van der Waals surface area contributed by atoms with Crippen LogP contribution in [0, 0.1) is 11.6 Å². The summed E-state index contributed by atoms with van der Waals surface area (Å²) in [7, 11) is 0. The van der Waals surface area contributed by atoms with Crippen molar-refractivity contribution in [1.29, 1.82) is 0 Å². The summed E-state index contributed by atoms with van der Waals surface area (Å²) in [5.41, 5.74) is 7.33. The molecule has 0 aliphatic carbocycles. The molecule has 0 aliphatic rings. The first kappa shape index (κ1) is 21.7. The van der Waals surface area contributed by atoms with Crippen LogP contribution in [0.25, 0.3) is 0 Å². The summed E-state index contributed by atoms with van der Waals surface area (Å²) >= 11 is 0. The summed E-state index contributed by atoms with van der Waals surface area (Å²) in [6.45, 7) is -0.163. The number of carbonyl (C=O) groups excluding carboxylic acids is 1. The van der Waals surface area contributed by atoms with Crippen LogP contribution in [0.3, 0.4) is 0 Å². The van der Waals surface area contributed by atoms with Crippen LogP contribution in [-0.2, 0) is 11.2 Å². The van der Waals surface area contributed by atoms with Crippen molar-refractivity contribution in [3.63, 3.8) is 0 Å². The van der Waals surface area contributed by atoms with Crippen LogP contribution in [0.2, 0.25) is 0 Å². The fourth-order valence-corrected chi connectivity index (χ4v) is 2.15. The number of benzene rings is 2. The number of hydrogen-bond acceptors (Lipinski definition) is 4. The minimum Gasteiger partial charge on any atom is -0.491 e. The number of para-hydroxylation sites is 1. The maximum atomic E-state index is 13.0. The molecule has 2 aromatic carbocycles. The van der Waals surface area contributed by atoms with Gasteiger partial charge in [-0.2, -0.15) is 0 Å². The predicted octanol–water partition coefficient (Wildman–Crippen LogP) is 2.46. The van der Waals surface area contributed by atoms with Gasteiger partial charge in [0.15, 0.2) is 11.6 Å². The molecule has 0 saturated carbocycles. The van der Waals surface area contributed by atoms with Crippen molar-refractivity contribution in [3.05, 3.63) is 59.7 Å². The van der Waals surface area contributed by atoms with Gasteiger partial charge in [0.25, 0.3) is 0 Å². The van der Waals surface area contributed by atoms with Gasteiger partial charge in [0.05, 0.1) is 0 Å². The first-order valence-corrected chi connectivity index (χ1v) is 7.81. The van der Waals surface area contributed by atoms with Crippen LogP contribution in [0.5, 0.6) is 5.75 Å². The van der Waals surface area contributed by atoms with E-state index in [0.717, 1.165) is 17.7 Å². The number of aryl methyl sites for hydroxylation is 1. The van der Waals surface area contributed by atoms with Gasteiger partial charge in [0.2, 0.25) is 5.91 Å². The van der Waals surface area contributed by atoms with Gasteiger partial charge in [0, 0.05) is 24.7 Å². The second-order valence-corrected chi connectivity index (χ2v) is 5.54. The molecule has 1 atom stereocenters. The summed E-state index contributed by atoms with van der Waals surface area (Å²) < 4.78 is 31.0. The number of ether oxygens (including phenoxy) is 1. The quantitative estimate of drug-likeness (QED) is 0.608. The molecule has 0 heterocycles. The molecule has 0 bridgehead atoms. The Morgan fingerprint density at radius 2 is 1.92 bits per heavy atom. The Labute approximate surface area is 156 Å². The lowest BCUT2D eigenvalue weighted by Gasteiger charge is -2.13. The number of halogens is 3. The molecule has 2 aromatic rings. The molecule has 0 spiro atoms. The second kappa shape index (κ2) is 10.6. The van der Waals surface area contributed by atoms with Crippen LogP contribution < -0.4 is 15.8 Å². The average molecular weight is 387 g/mol. The molecular weight excluding hydrogens is 366 g/mol. The van der Waals surface area contributed by atoms with Gasteiger partial charge in [-0.15, -0.1) is 12.4 Å². The van der Waals surface area contributed by atoms with Gasteiger partial charge in [-0.05, 0) is 30.2 Å². The normalized spacial score (nSPS) is 11.3. The lowest BCUT2D eigenvalue weighted by molar-refractivity contribution is -0.121. The highest BCUT2D eigenvalue weighted by molar-refractivity contribution is 5.85. The Morgan fingerprint density at radius 1 is 1.19 bits per heavy atom. The highest BCUT2D eigenvalue weighted by Gasteiger charge is 2.10. The van der Waals surface area contributed by atoms with Gasteiger partial charge < -0.3 is 20.9 Å². The summed E-state index contributed by atoms with van der Waals surface area (Å²) in [4.78, 5) is 11.8. The van der Waals surface area contributed by atoms with Crippen LogP contribution in [0.15, 0.2) is 42.5 Å². The van der Waals surface area contributed by atoms with Gasteiger partial charge in [-0.3, -0.25) is 4.79 Å². The third-order valence-corrected chi connectivity index (χ3v) is 3.54. The molecule has 1 amide bonds. The number of carbonyl (C=O) groups is 1. The fraction of sp³-hybridized carbons (Fsp3) is 0.278. The van der Waals surface area contributed by atoms with Crippen LogP contribution in [-0.4, -0.2) is 30.3 Å². The van der Waals surface area contributed by atoms with Crippen LogP contribution >= 0.6 is 12.4 Å². The summed E-state index contributed by atoms with van der Waals surface area (Å²) in [6.07, 6.45) is -0.232. The third kappa shape index (κ3) is 6.85. The van der Waals surface area contributed by atoms with E-state index < -0.39 is 17.7 Å². The van der Waals surface area contributed by atoms with Crippen molar-refractivity contribution in [2.75, 3.05) is 18.9 Å². The Balaban J connectivity index is 0.00000338. The SMILES string of the molecule is Cl.Nc1ccccc1CCC(=O)NCC(O)COc1ccc(F)c(F)c1. The highest BCUT2D eigenvalue weighted by Crippen LogP contribution is 2.15. The molecule has 0 fully saturated rings. The second-order valence-electron chi connectivity index (χ2n) is 5.54. The molecular formula is C18H21ClF2N2O3. The average Bonchev–Trinajstić information content (AvgIpc) is 2.60. The van der Waals surface area contributed by atoms with Crippen molar-refractivity contribution in [2.24, 2.45) is 0 Å². The van der Waals surface area contributed by atoms with Gasteiger partial charge in [0.1, 0.15) is 18.5 Å². The molecule has 8 heteroatoms. The zero-order valence-corrected chi connectivity index (χ0v) is 14.8. The molecule has 142 valence electrons. The van der Waals surface area contributed by atoms with Crippen LogP contribution in [0.4, 0.5) is 14.5 Å². The third-order valence-electron chi connectivity index (χ3n) is 3.54. The molecule has 0 radical (unpaired) electrons. The first-order chi connectivity index (χ1) is 12.0. The molecule has 26 heavy (non-hydrogen) atoms. The maximum Gasteiger partial charge on any atom is 0.220 e. The van der Waals surface area contributed by atoms with E-state index >= 15 is 0 Å². The molecule has 1 unspecified atom stereocenters. The van der Waals surface area contributed by atoms with Crippen LogP contribution in [0.1, 0.15) is 12.0 Å². The molecule has 0 saturated heterocycles. The van der Waals surface area contributed by atoms with E-state index in [0.29, 0.717) is 12.1 Å². The van der Waals surface area contributed by atoms with E-state index in [1.54, 1.807) is 6.07 Å². The zero-order chi connectivity index (χ0) is 18.2. The number of aliphatic hydroxyl groups excluding tert-OH is 1. The number of aliphatic hydroxyl groups is 1. The number of nitrogen functional groups attached to an aromatic ring is 1. The number of anilines is 1. The minimum absolute atomic E-state index is 0. The standard InChI is InChI=1S/C18H20F2N2O3.ClH/c19-15-7-6-14(9-16(15)20)25-11-13(23)10-22-18(24)8-5-12-3-1-2-4-17(12)21;/h1-4,6-7,9,13,23H,5,8,10-11,21H2,(H,22,24);1H. The topological polar surface area (TPSA) is 84.6 Å². The number of nitrogens with one attached hydrogen (secondary N) is 1. The molecule has 5 nitrogen and oxygen atoms in total. The number of rotatable bonds is 8. The molecule has 0 aromatic heterocycles. The predicted molar refractivity (Wildman–Crippen MR) is 97.3 cm³/mol. The monoisotopic (exact) mass is 386 g/mol. The van der Waals surface area contributed by atoms with E-state index in [4.69, 9.17) is 10.5 Å². The lowest BCUT2D eigenvalue weighted by atomic mass is 10.1. The van der Waals surface area contributed by atoms with E-state index in [2.05, 4.69) is 5.32 Å². The van der Waals surface area contributed by atoms with Crippen molar-refractivity contribution in [2.45, 2.75) is 18.9 Å². The van der Waals surface area contributed by atoms with E-state index in [9.17, 15) is 18.7 Å². The van der Waals surface area contributed by atoms with Gasteiger partial charge in [-0.25, -0.2) is 8.78 Å². The smallest absolute Gasteiger partial charge is 0.220 e. The molecule has 2 rings (SSSR count). The summed E-state index contributed by atoms with van der Waals surface area (Å²) in [5, 5.41) is 12.4. The maximum absolute atomic E-state index is 13.0. The summed E-state index contributed by atoms with van der Waals surface area (Å²) in [5.74, 6) is -2.13.